The normalized spacial score (nSPS) is 15.2. The maximum absolute atomic E-state index is 2.33. The molecule has 0 amide bonds. The second-order valence-corrected chi connectivity index (χ2v) is 6.43. The summed E-state index contributed by atoms with van der Waals surface area (Å²) in [6, 6.07) is 9.01. The summed E-state index contributed by atoms with van der Waals surface area (Å²) in [5.74, 6) is 0. The lowest BCUT2D eigenvalue weighted by Gasteiger charge is -2.13. The van der Waals surface area contributed by atoms with Crippen LogP contribution in [0.1, 0.15) is 38.8 Å². The molecule has 0 unspecified atom stereocenters. The monoisotopic (exact) mass is 314 g/mol. The van der Waals surface area contributed by atoms with Crippen LogP contribution in [0.3, 0.4) is 0 Å². The van der Waals surface area contributed by atoms with Gasteiger partial charge in [-0.05, 0) is 95.1 Å². The third-order valence-corrected chi connectivity index (χ3v) is 5.14. The van der Waals surface area contributed by atoms with Crippen molar-refractivity contribution in [3.05, 3.63) is 56.3 Å². The van der Waals surface area contributed by atoms with Crippen LogP contribution in [0.5, 0.6) is 0 Å². The van der Waals surface area contributed by atoms with E-state index in [4.69, 9.17) is 0 Å². The third-order valence-electron chi connectivity index (χ3n) is 5.14. The molecule has 0 aliphatic rings. The highest BCUT2D eigenvalue weighted by Gasteiger charge is 2.10. The molecule has 0 atom stereocenters. The van der Waals surface area contributed by atoms with Crippen LogP contribution in [0.2, 0.25) is 0 Å². The highest BCUT2D eigenvalue weighted by molar-refractivity contribution is 6.10. The zero-order chi connectivity index (χ0) is 17.4. The van der Waals surface area contributed by atoms with Crippen LogP contribution in [0.15, 0.2) is 24.3 Å². The Balaban J connectivity index is 3.00. The van der Waals surface area contributed by atoms with E-state index in [2.05, 4.69) is 90.1 Å². The second kappa shape index (κ2) is 6.28. The van der Waals surface area contributed by atoms with Gasteiger partial charge in [-0.2, -0.15) is 0 Å². The van der Waals surface area contributed by atoms with Crippen molar-refractivity contribution in [2.45, 2.75) is 41.5 Å². The molecule has 122 valence electrons. The first-order valence-electron chi connectivity index (χ1n) is 8.79. The Morgan fingerprint density at radius 1 is 0.625 bits per heavy atom. The third kappa shape index (κ3) is 2.21. The minimum Gasteiger partial charge on any atom is -0.0798 e. The first-order valence-corrected chi connectivity index (χ1v) is 8.79. The summed E-state index contributed by atoms with van der Waals surface area (Å²) in [7, 11) is 0. The Morgan fingerprint density at radius 2 is 1.25 bits per heavy atom. The number of hydrogen-bond donors (Lipinski definition) is 0. The van der Waals surface area contributed by atoms with Crippen LogP contribution in [0, 0.1) is 13.8 Å². The Bertz CT molecular complexity index is 1190. The summed E-state index contributed by atoms with van der Waals surface area (Å²) in [6.45, 7) is 13.0. The van der Waals surface area contributed by atoms with Gasteiger partial charge in [-0.25, -0.2) is 0 Å². The van der Waals surface area contributed by atoms with Crippen molar-refractivity contribution in [1.82, 2.24) is 0 Å². The quantitative estimate of drug-likeness (QED) is 0.554. The van der Waals surface area contributed by atoms with Gasteiger partial charge in [-0.15, -0.1) is 0 Å². The first kappa shape index (κ1) is 16.5. The molecule has 0 spiro atoms. The van der Waals surface area contributed by atoms with Gasteiger partial charge in [-0.1, -0.05) is 48.6 Å². The van der Waals surface area contributed by atoms with E-state index in [0.717, 1.165) is 0 Å². The lowest BCUT2D eigenvalue weighted by atomic mass is 9.90. The van der Waals surface area contributed by atoms with E-state index in [-0.39, 0.29) is 0 Å². The molecular weight excluding hydrogens is 288 g/mol. The van der Waals surface area contributed by atoms with Gasteiger partial charge in [-0.3, -0.25) is 0 Å². The molecule has 0 aliphatic carbocycles. The molecule has 0 bridgehead atoms. The molecule has 24 heavy (non-hydrogen) atoms. The van der Waals surface area contributed by atoms with E-state index in [1.807, 2.05) is 0 Å². The standard InChI is InChI=1S/C24H26/c1-7-17-14-16(6)23-20(10-4)19(9-3)22-15(5)12-11-13-21(22)24(23)18(17)8-2/h7-14H,1-6H3/b17-7-,18-8+,19-9-,20-10-. The molecule has 0 heterocycles. The molecule has 3 rings (SSSR count). The summed E-state index contributed by atoms with van der Waals surface area (Å²) in [5, 5.41) is 10.9. The number of benzene rings is 3. The van der Waals surface area contributed by atoms with Crippen molar-refractivity contribution in [2.24, 2.45) is 0 Å². The van der Waals surface area contributed by atoms with Crippen molar-refractivity contribution in [2.75, 3.05) is 0 Å². The van der Waals surface area contributed by atoms with E-state index in [9.17, 15) is 0 Å². The zero-order valence-corrected chi connectivity index (χ0v) is 15.6. The lowest BCUT2D eigenvalue weighted by molar-refractivity contribution is 1.43. The molecule has 3 aromatic rings. The lowest BCUT2D eigenvalue weighted by Crippen LogP contribution is -2.33. The Morgan fingerprint density at radius 3 is 1.83 bits per heavy atom. The van der Waals surface area contributed by atoms with Crippen molar-refractivity contribution in [3.8, 4) is 0 Å². The minimum atomic E-state index is 1.32. The maximum atomic E-state index is 2.33. The van der Waals surface area contributed by atoms with Crippen LogP contribution in [0.4, 0.5) is 0 Å². The summed E-state index contributed by atoms with van der Waals surface area (Å²) in [6.07, 6.45) is 9.01. The molecule has 3 aromatic carbocycles. The fourth-order valence-corrected chi connectivity index (χ4v) is 4.14. The molecular formula is C24H26. The molecule has 0 aromatic heterocycles. The van der Waals surface area contributed by atoms with Gasteiger partial charge in [0.25, 0.3) is 0 Å². The maximum Gasteiger partial charge on any atom is -0.00211 e. The molecule has 0 N–H and O–H groups in total. The molecule has 0 heteroatoms. The fraction of sp³-hybridized carbons (Fsp3) is 0.250. The summed E-state index contributed by atoms with van der Waals surface area (Å²) >= 11 is 0. The van der Waals surface area contributed by atoms with E-state index in [1.54, 1.807) is 0 Å². The summed E-state index contributed by atoms with van der Waals surface area (Å²) in [4.78, 5) is 0. The van der Waals surface area contributed by atoms with Crippen LogP contribution >= 0.6 is 0 Å². The van der Waals surface area contributed by atoms with Gasteiger partial charge < -0.3 is 0 Å². The van der Waals surface area contributed by atoms with E-state index in [1.165, 1.54) is 53.5 Å². The SMILES string of the molecule is C/C=c1/cc(C)c2c(=C\C)/c(=C/C)c3c(C)cccc3c2/c1=C/C. The molecule has 0 saturated carbocycles. The van der Waals surface area contributed by atoms with Crippen molar-refractivity contribution in [3.63, 3.8) is 0 Å². The van der Waals surface area contributed by atoms with Gasteiger partial charge in [0.05, 0.1) is 0 Å². The van der Waals surface area contributed by atoms with Crippen LogP contribution in [-0.4, -0.2) is 0 Å². The molecule has 0 fully saturated rings. The smallest absolute Gasteiger partial charge is 0.00211 e. The van der Waals surface area contributed by atoms with Crippen molar-refractivity contribution in [1.29, 1.82) is 0 Å². The van der Waals surface area contributed by atoms with Crippen LogP contribution in [-0.2, 0) is 0 Å². The zero-order valence-electron chi connectivity index (χ0n) is 15.6. The highest BCUT2D eigenvalue weighted by atomic mass is 14.1. The predicted molar refractivity (Wildman–Crippen MR) is 110 cm³/mol. The first-order chi connectivity index (χ1) is 11.6. The average molecular weight is 314 g/mol. The predicted octanol–water partition coefficient (Wildman–Crippen LogP) is 3.81. The number of fused-ring (bicyclic) bond motifs is 3. The fourth-order valence-electron chi connectivity index (χ4n) is 4.14. The number of rotatable bonds is 0. The molecule has 0 aliphatic heterocycles. The van der Waals surface area contributed by atoms with E-state index in [0.29, 0.717) is 0 Å². The second-order valence-electron chi connectivity index (χ2n) is 6.43. The van der Waals surface area contributed by atoms with Crippen molar-refractivity contribution < 1.29 is 0 Å². The molecule has 0 saturated heterocycles. The van der Waals surface area contributed by atoms with Gasteiger partial charge in [0.1, 0.15) is 0 Å². The topological polar surface area (TPSA) is 0 Å². The Kier molecular flexibility index (Phi) is 4.32. The summed E-state index contributed by atoms with van der Waals surface area (Å²) < 4.78 is 0. The largest absolute Gasteiger partial charge is 0.0798 e. The van der Waals surface area contributed by atoms with Gasteiger partial charge in [0.2, 0.25) is 0 Å². The average Bonchev–Trinajstić information content (AvgIpc) is 2.60. The van der Waals surface area contributed by atoms with Gasteiger partial charge in [0, 0.05) is 0 Å². The van der Waals surface area contributed by atoms with Crippen molar-refractivity contribution >= 4 is 45.8 Å². The number of aryl methyl sites for hydroxylation is 2. The minimum absolute atomic E-state index is 1.32. The van der Waals surface area contributed by atoms with Gasteiger partial charge in [0.15, 0.2) is 0 Å². The molecule has 0 radical (unpaired) electrons. The highest BCUT2D eigenvalue weighted by Crippen LogP contribution is 2.21. The van der Waals surface area contributed by atoms with Crippen LogP contribution in [0.25, 0.3) is 45.8 Å². The Labute approximate surface area is 144 Å². The van der Waals surface area contributed by atoms with Crippen LogP contribution < -0.4 is 20.9 Å². The van der Waals surface area contributed by atoms with E-state index >= 15 is 0 Å². The molecule has 0 nitrogen and oxygen atoms in total. The summed E-state index contributed by atoms with van der Waals surface area (Å²) in [5.41, 5.74) is 2.69. The number of hydrogen-bond acceptors (Lipinski definition) is 0. The Hall–Kier alpha value is -2.34. The van der Waals surface area contributed by atoms with Gasteiger partial charge >= 0.3 is 0 Å². The van der Waals surface area contributed by atoms with E-state index < -0.39 is 0 Å².